The van der Waals surface area contributed by atoms with Gasteiger partial charge in [-0.2, -0.15) is 0 Å². The topological polar surface area (TPSA) is 71.2 Å². The number of anilines is 1. The lowest BCUT2D eigenvalue weighted by Crippen LogP contribution is -2.54. The van der Waals surface area contributed by atoms with Crippen LogP contribution in [0, 0.1) is 0 Å². The lowest BCUT2D eigenvalue weighted by Gasteiger charge is -2.34. The van der Waals surface area contributed by atoms with Crippen LogP contribution in [-0.2, 0) is 11.3 Å². The van der Waals surface area contributed by atoms with Crippen molar-refractivity contribution in [2.45, 2.75) is 19.5 Å². The van der Waals surface area contributed by atoms with E-state index in [4.69, 9.17) is 5.73 Å². The molecule has 1 unspecified atom stereocenters. The molecule has 16 heavy (non-hydrogen) atoms. The van der Waals surface area contributed by atoms with Crippen LogP contribution in [0.25, 0.3) is 0 Å². The van der Waals surface area contributed by atoms with E-state index < -0.39 is 0 Å². The number of nitrogens with one attached hydrogen (secondary N) is 1. The number of carbonyl (C=O) groups excluding carboxylic acids is 1. The first kappa shape index (κ1) is 10.9. The molecule has 2 rings (SSSR count). The van der Waals surface area contributed by atoms with Gasteiger partial charge in [0.05, 0.1) is 0 Å². The van der Waals surface area contributed by atoms with Gasteiger partial charge in [-0.1, -0.05) is 6.07 Å². The maximum absolute atomic E-state index is 11.6. The van der Waals surface area contributed by atoms with Crippen molar-refractivity contribution in [1.82, 2.24) is 10.3 Å². The van der Waals surface area contributed by atoms with Crippen molar-refractivity contribution in [3.8, 4) is 0 Å². The highest BCUT2D eigenvalue weighted by molar-refractivity contribution is 5.85. The highest BCUT2D eigenvalue weighted by Gasteiger charge is 2.27. The number of amides is 1. The highest BCUT2D eigenvalue weighted by Crippen LogP contribution is 2.20. The van der Waals surface area contributed by atoms with Crippen LogP contribution in [0.5, 0.6) is 0 Å². The summed E-state index contributed by atoms with van der Waals surface area (Å²) in [6.07, 6.45) is 1.73. The number of piperazine rings is 1. The molecule has 0 saturated carbocycles. The molecule has 5 heteroatoms. The van der Waals surface area contributed by atoms with Crippen LogP contribution in [0.4, 0.5) is 5.82 Å². The molecule has 0 spiro atoms. The monoisotopic (exact) mass is 220 g/mol. The molecule has 5 nitrogen and oxygen atoms in total. The van der Waals surface area contributed by atoms with Gasteiger partial charge in [-0.3, -0.25) is 4.79 Å². The van der Waals surface area contributed by atoms with E-state index in [0.717, 1.165) is 17.9 Å². The van der Waals surface area contributed by atoms with Gasteiger partial charge >= 0.3 is 0 Å². The van der Waals surface area contributed by atoms with Crippen LogP contribution in [-0.4, -0.2) is 30.0 Å². The third-order valence-electron chi connectivity index (χ3n) is 2.86. The standard InChI is InChI=1S/C11H16N4O/c1-8-11(16)14-5-6-15(8)10-9(7-12)3-2-4-13-10/h2-4,8H,5-7,12H2,1H3,(H,14,16). The molecule has 1 aliphatic heterocycles. The zero-order valence-corrected chi connectivity index (χ0v) is 9.31. The molecule has 1 aromatic heterocycles. The minimum Gasteiger partial charge on any atom is -0.353 e. The minimum atomic E-state index is -0.186. The Morgan fingerprint density at radius 2 is 2.50 bits per heavy atom. The molecule has 0 bridgehead atoms. The lowest BCUT2D eigenvalue weighted by molar-refractivity contribution is -0.122. The van der Waals surface area contributed by atoms with E-state index in [1.807, 2.05) is 24.0 Å². The Kier molecular flexibility index (Phi) is 3.05. The third kappa shape index (κ3) is 1.86. The van der Waals surface area contributed by atoms with E-state index in [9.17, 15) is 4.79 Å². The summed E-state index contributed by atoms with van der Waals surface area (Å²) in [6, 6.07) is 3.62. The van der Waals surface area contributed by atoms with Crippen LogP contribution in [0.3, 0.4) is 0 Å². The second-order valence-corrected chi connectivity index (χ2v) is 3.85. The fourth-order valence-electron chi connectivity index (χ4n) is 1.92. The van der Waals surface area contributed by atoms with Gasteiger partial charge in [0.1, 0.15) is 11.9 Å². The molecule has 2 heterocycles. The number of hydrogen-bond acceptors (Lipinski definition) is 4. The van der Waals surface area contributed by atoms with Crippen LogP contribution in [0.2, 0.25) is 0 Å². The molecular weight excluding hydrogens is 204 g/mol. The minimum absolute atomic E-state index is 0.0416. The Morgan fingerprint density at radius 3 is 3.25 bits per heavy atom. The molecule has 3 N–H and O–H groups in total. The fraction of sp³-hybridized carbons (Fsp3) is 0.455. The van der Waals surface area contributed by atoms with E-state index in [0.29, 0.717) is 13.1 Å². The van der Waals surface area contributed by atoms with Crippen LogP contribution in [0.1, 0.15) is 12.5 Å². The first-order chi connectivity index (χ1) is 7.74. The van der Waals surface area contributed by atoms with Crippen LogP contribution >= 0.6 is 0 Å². The second-order valence-electron chi connectivity index (χ2n) is 3.85. The van der Waals surface area contributed by atoms with E-state index >= 15 is 0 Å². The molecule has 86 valence electrons. The van der Waals surface area contributed by atoms with E-state index in [-0.39, 0.29) is 11.9 Å². The summed E-state index contributed by atoms with van der Waals surface area (Å²) in [6.45, 7) is 3.75. The molecule has 0 aromatic carbocycles. The average Bonchev–Trinajstić information content (AvgIpc) is 2.33. The Morgan fingerprint density at radius 1 is 1.69 bits per heavy atom. The molecule has 1 atom stereocenters. The predicted octanol–water partition coefficient (Wildman–Crippen LogP) is -0.135. The summed E-state index contributed by atoms with van der Waals surface area (Å²) in [5, 5.41) is 2.83. The number of aromatic nitrogens is 1. The quantitative estimate of drug-likeness (QED) is 0.728. The Balaban J connectivity index is 2.32. The fourth-order valence-corrected chi connectivity index (χ4v) is 1.92. The van der Waals surface area contributed by atoms with Gasteiger partial charge in [0, 0.05) is 31.4 Å². The molecule has 1 saturated heterocycles. The van der Waals surface area contributed by atoms with Crippen LogP contribution in [0.15, 0.2) is 18.3 Å². The van der Waals surface area contributed by atoms with Crippen molar-refractivity contribution in [1.29, 1.82) is 0 Å². The molecule has 0 radical (unpaired) electrons. The second kappa shape index (κ2) is 4.49. The predicted molar refractivity (Wildman–Crippen MR) is 61.9 cm³/mol. The van der Waals surface area contributed by atoms with Crippen molar-refractivity contribution in [2.24, 2.45) is 5.73 Å². The number of nitrogens with zero attached hydrogens (tertiary/aromatic N) is 2. The summed E-state index contributed by atoms with van der Waals surface area (Å²) >= 11 is 0. The Hall–Kier alpha value is -1.62. The first-order valence-corrected chi connectivity index (χ1v) is 5.42. The maximum atomic E-state index is 11.6. The van der Waals surface area contributed by atoms with Crippen molar-refractivity contribution in [2.75, 3.05) is 18.0 Å². The van der Waals surface area contributed by atoms with Gasteiger partial charge in [-0.05, 0) is 13.0 Å². The molecule has 1 fully saturated rings. The number of rotatable bonds is 2. The zero-order chi connectivity index (χ0) is 11.5. The normalized spacial score (nSPS) is 20.8. The van der Waals surface area contributed by atoms with E-state index in [1.165, 1.54) is 0 Å². The summed E-state index contributed by atoms with van der Waals surface area (Å²) in [5.74, 6) is 0.868. The highest BCUT2D eigenvalue weighted by atomic mass is 16.2. The van der Waals surface area contributed by atoms with E-state index in [1.54, 1.807) is 6.20 Å². The van der Waals surface area contributed by atoms with Crippen molar-refractivity contribution in [3.63, 3.8) is 0 Å². The Bertz CT molecular complexity index is 393. The van der Waals surface area contributed by atoms with Crippen LogP contribution < -0.4 is 16.0 Å². The number of pyridine rings is 1. The summed E-state index contributed by atoms with van der Waals surface area (Å²) < 4.78 is 0. The average molecular weight is 220 g/mol. The van der Waals surface area contributed by atoms with Gasteiger partial charge < -0.3 is 16.0 Å². The lowest BCUT2D eigenvalue weighted by atomic mass is 10.1. The number of carbonyl (C=O) groups is 1. The van der Waals surface area contributed by atoms with Gasteiger partial charge in [0.2, 0.25) is 5.91 Å². The maximum Gasteiger partial charge on any atom is 0.242 e. The van der Waals surface area contributed by atoms with Gasteiger partial charge in [-0.15, -0.1) is 0 Å². The van der Waals surface area contributed by atoms with Gasteiger partial charge in [0.25, 0.3) is 0 Å². The molecule has 1 amide bonds. The molecular formula is C11H16N4O. The summed E-state index contributed by atoms with van der Waals surface area (Å²) in [7, 11) is 0. The van der Waals surface area contributed by atoms with Crippen molar-refractivity contribution < 1.29 is 4.79 Å². The van der Waals surface area contributed by atoms with E-state index in [2.05, 4.69) is 10.3 Å². The third-order valence-corrected chi connectivity index (χ3v) is 2.86. The first-order valence-electron chi connectivity index (χ1n) is 5.42. The van der Waals surface area contributed by atoms with Gasteiger partial charge in [0.15, 0.2) is 0 Å². The van der Waals surface area contributed by atoms with Crippen molar-refractivity contribution in [3.05, 3.63) is 23.9 Å². The molecule has 0 aliphatic carbocycles. The Labute approximate surface area is 94.6 Å². The summed E-state index contributed by atoms with van der Waals surface area (Å²) in [4.78, 5) is 17.9. The molecule has 1 aromatic rings. The van der Waals surface area contributed by atoms with Crippen molar-refractivity contribution >= 4 is 11.7 Å². The van der Waals surface area contributed by atoms with Gasteiger partial charge in [-0.25, -0.2) is 4.98 Å². The zero-order valence-electron chi connectivity index (χ0n) is 9.31. The summed E-state index contributed by atoms with van der Waals surface area (Å²) in [5.41, 5.74) is 6.65. The largest absolute Gasteiger partial charge is 0.353 e. The number of nitrogens with two attached hydrogens (primary N) is 1. The molecule has 1 aliphatic rings. The SMILES string of the molecule is CC1C(=O)NCCN1c1ncccc1CN. The number of hydrogen-bond donors (Lipinski definition) is 2. The smallest absolute Gasteiger partial charge is 0.242 e.